The molecule has 0 aliphatic rings. The summed E-state index contributed by atoms with van der Waals surface area (Å²) in [4.78, 5) is 19.3. The standard InChI is InChI=1S/C17H19N3O3/c1-13-16(20-7-4-3-5-15(20)18-13)17(21)19(8-10-22-2)11-14-6-9-23-12-14/h3-7,9,12H,8,10-11H2,1-2H3. The predicted octanol–water partition coefficient (Wildman–Crippen LogP) is 2.52. The molecule has 0 radical (unpaired) electrons. The van der Waals surface area contributed by atoms with Gasteiger partial charge in [0.05, 0.1) is 24.8 Å². The van der Waals surface area contributed by atoms with Gasteiger partial charge in [-0.1, -0.05) is 6.07 Å². The average molecular weight is 313 g/mol. The van der Waals surface area contributed by atoms with E-state index in [1.54, 1.807) is 24.5 Å². The number of fused-ring (bicyclic) bond motifs is 1. The molecule has 3 heterocycles. The molecule has 0 aromatic carbocycles. The first-order valence-corrected chi connectivity index (χ1v) is 7.43. The number of carbonyl (C=O) groups excluding carboxylic acids is 1. The second-order valence-electron chi connectivity index (χ2n) is 5.33. The van der Waals surface area contributed by atoms with Crippen molar-refractivity contribution in [2.45, 2.75) is 13.5 Å². The number of carbonyl (C=O) groups is 1. The summed E-state index contributed by atoms with van der Waals surface area (Å²) in [5, 5.41) is 0. The van der Waals surface area contributed by atoms with Crippen LogP contribution in [0, 0.1) is 6.92 Å². The van der Waals surface area contributed by atoms with Crippen LogP contribution in [0.3, 0.4) is 0 Å². The molecule has 0 atom stereocenters. The summed E-state index contributed by atoms with van der Waals surface area (Å²) in [5.74, 6) is -0.0700. The van der Waals surface area contributed by atoms with Gasteiger partial charge in [-0.15, -0.1) is 0 Å². The number of rotatable bonds is 6. The van der Waals surface area contributed by atoms with Crippen molar-refractivity contribution in [2.75, 3.05) is 20.3 Å². The molecule has 3 aromatic rings. The van der Waals surface area contributed by atoms with Gasteiger partial charge in [0.2, 0.25) is 0 Å². The number of aromatic nitrogens is 2. The third-order valence-electron chi connectivity index (χ3n) is 3.71. The predicted molar refractivity (Wildman–Crippen MR) is 85.3 cm³/mol. The molecule has 0 fully saturated rings. The third-order valence-corrected chi connectivity index (χ3v) is 3.71. The van der Waals surface area contributed by atoms with E-state index in [-0.39, 0.29) is 5.91 Å². The Morgan fingerprint density at radius 1 is 1.39 bits per heavy atom. The molecular weight excluding hydrogens is 294 g/mol. The normalized spacial score (nSPS) is 11.0. The highest BCUT2D eigenvalue weighted by atomic mass is 16.5. The number of aryl methyl sites for hydroxylation is 1. The molecule has 0 N–H and O–H groups in total. The number of methoxy groups -OCH3 is 1. The number of hydrogen-bond acceptors (Lipinski definition) is 4. The van der Waals surface area contributed by atoms with Crippen LogP contribution >= 0.6 is 0 Å². The third kappa shape index (κ3) is 3.12. The van der Waals surface area contributed by atoms with Crippen molar-refractivity contribution in [1.82, 2.24) is 14.3 Å². The highest BCUT2D eigenvalue weighted by Gasteiger charge is 2.22. The average Bonchev–Trinajstić information content (AvgIpc) is 3.17. The monoisotopic (exact) mass is 313 g/mol. The number of pyridine rings is 1. The van der Waals surface area contributed by atoms with Crippen molar-refractivity contribution >= 4 is 11.6 Å². The second-order valence-corrected chi connectivity index (χ2v) is 5.33. The van der Waals surface area contributed by atoms with Crippen LogP contribution in [0.1, 0.15) is 21.7 Å². The first-order valence-electron chi connectivity index (χ1n) is 7.43. The van der Waals surface area contributed by atoms with Crippen LogP contribution in [0.2, 0.25) is 0 Å². The SMILES string of the molecule is COCCN(Cc1ccoc1)C(=O)c1c(C)nc2ccccn12. The van der Waals surface area contributed by atoms with Crippen LogP contribution in [0.25, 0.3) is 5.65 Å². The Bertz CT molecular complexity index is 793. The molecule has 0 aliphatic carbocycles. The molecule has 0 spiro atoms. The van der Waals surface area contributed by atoms with Gasteiger partial charge in [-0.2, -0.15) is 0 Å². The zero-order valence-corrected chi connectivity index (χ0v) is 13.2. The highest BCUT2D eigenvalue weighted by molar-refractivity contribution is 5.94. The maximum Gasteiger partial charge on any atom is 0.273 e. The van der Waals surface area contributed by atoms with Crippen molar-refractivity contribution in [3.8, 4) is 0 Å². The number of ether oxygens (including phenoxy) is 1. The summed E-state index contributed by atoms with van der Waals surface area (Å²) >= 11 is 0. The van der Waals surface area contributed by atoms with E-state index in [1.807, 2.05) is 41.8 Å². The van der Waals surface area contributed by atoms with Crippen LogP contribution in [0.4, 0.5) is 0 Å². The quantitative estimate of drug-likeness (QED) is 0.701. The maximum atomic E-state index is 13.1. The minimum Gasteiger partial charge on any atom is -0.472 e. The molecule has 0 bridgehead atoms. The lowest BCUT2D eigenvalue weighted by molar-refractivity contribution is 0.0672. The zero-order chi connectivity index (χ0) is 16.2. The van der Waals surface area contributed by atoms with Crippen LogP contribution in [0.5, 0.6) is 0 Å². The van der Waals surface area contributed by atoms with Crippen molar-refractivity contribution < 1.29 is 13.9 Å². The van der Waals surface area contributed by atoms with Gasteiger partial charge in [0, 0.05) is 32.0 Å². The van der Waals surface area contributed by atoms with E-state index in [1.165, 1.54) is 0 Å². The van der Waals surface area contributed by atoms with Gasteiger partial charge in [-0.25, -0.2) is 4.98 Å². The van der Waals surface area contributed by atoms with E-state index in [2.05, 4.69) is 4.98 Å². The summed E-state index contributed by atoms with van der Waals surface area (Å²) in [7, 11) is 1.62. The Hall–Kier alpha value is -2.60. The molecule has 0 aliphatic heterocycles. The molecule has 3 aromatic heterocycles. The maximum absolute atomic E-state index is 13.1. The molecule has 6 heteroatoms. The van der Waals surface area contributed by atoms with Crippen LogP contribution in [-0.2, 0) is 11.3 Å². The van der Waals surface area contributed by atoms with Gasteiger partial charge < -0.3 is 14.1 Å². The molecule has 120 valence electrons. The lowest BCUT2D eigenvalue weighted by atomic mass is 10.2. The minimum atomic E-state index is -0.0700. The Labute approximate surface area is 134 Å². The number of amides is 1. The van der Waals surface area contributed by atoms with E-state index >= 15 is 0 Å². The van der Waals surface area contributed by atoms with E-state index in [0.29, 0.717) is 25.4 Å². The number of furan rings is 1. The topological polar surface area (TPSA) is 60.0 Å². The van der Waals surface area contributed by atoms with Crippen molar-refractivity contribution in [3.05, 3.63) is 59.9 Å². The van der Waals surface area contributed by atoms with Crippen LogP contribution < -0.4 is 0 Å². The molecule has 23 heavy (non-hydrogen) atoms. The minimum absolute atomic E-state index is 0.0700. The van der Waals surface area contributed by atoms with Crippen LogP contribution in [0.15, 0.2) is 47.4 Å². The Morgan fingerprint density at radius 2 is 2.26 bits per heavy atom. The molecule has 1 amide bonds. The molecule has 0 saturated heterocycles. The Kier molecular flexibility index (Phi) is 4.43. The van der Waals surface area contributed by atoms with E-state index in [4.69, 9.17) is 9.15 Å². The fraction of sp³-hybridized carbons (Fsp3) is 0.294. The van der Waals surface area contributed by atoms with E-state index < -0.39 is 0 Å². The Balaban J connectivity index is 1.94. The lowest BCUT2D eigenvalue weighted by Crippen LogP contribution is -2.34. The fourth-order valence-electron chi connectivity index (χ4n) is 2.58. The summed E-state index contributed by atoms with van der Waals surface area (Å²) in [6.45, 7) is 3.30. The molecular formula is C17H19N3O3. The second kappa shape index (κ2) is 6.66. The van der Waals surface area contributed by atoms with E-state index in [9.17, 15) is 4.79 Å². The smallest absolute Gasteiger partial charge is 0.273 e. The molecule has 0 unspecified atom stereocenters. The van der Waals surface area contributed by atoms with Gasteiger partial charge in [-0.05, 0) is 25.1 Å². The number of imidazole rings is 1. The Morgan fingerprint density at radius 3 is 3.00 bits per heavy atom. The fourth-order valence-corrected chi connectivity index (χ4v) is 2.58. The van der Waals surface area contributed by atoms with Gasteiger partial charge >= 0.3 is 0 Å². The summed E-state index contributed by atoms with van der Waals surface area (Å²) in [5.41, 5.74) is 3.01. The van der Waals surface area contributed by atoms with Gasteiger partial charge in [0.15, 0.2) is 0 Å². The summed E-state index contributed by atoms with van der Waals surface area (Å²) in [6, 6.07) is 7.54. The van der Waals surface area contributed by atoms with Gasteiger partial charge in [-0.3, -0.25) is 9.20 Å². The van der Waals surface area contributed by atoms with Crippen LogP contribution in [-0.4, -0.2) is 40.5 Å². The van der Waals surface area contributed by atoms with Gasteiger partial charge in [0.25, 0.3) is 5.91 Å². The summed E-state index contributed by atoms with van der Waals surface area (Å²) < 4.78 is 12.1. The molecule has 3 rings (SSSR count). The van der Waals surface area contributed by atoms with E-state index in [0.717, 1.165) is 16.9 Å². The largest absolute Gasteiger partial charge is 0.472 e. The van der Waals surface area contributed by atoms with Crippen molar-refractivity contribution in [1.29, 1.82) is 0 Å². The lowest BCUT2D eigenvalue weighted by Gasteiger charge is -2.22. The molecule has 0 saturated carbocycles. The first-order chi connectivity index (χ1) is 11.2. The highest BCUT2D eigenvalue weighted by Crippen LogP contribution is 2.16. The summed E-state index contributed by atoms with van der Waals surface area (Å²) in [6.07, 6.45) is 5.11. The van der Waals surface area contributed by atoms with Gasteiger partial charge in [0.1, 0.15) is 11.3 Å². The van der Waals surface area contributed by atoms with Crippen molar-refractivity contribution in [2.24, 2.45) is 0 Å². The first kappa shape index (κ1) is 15.3. The number of hydrogen-bond donors (Lipinski definition) is 0. The number of nitrogens with zero attached hydrogens (tertiary/aromatic N) is 3. The zero-order valence-electron chi connectivity index (χ0n) is 13.2. The van der Waals surface area contributed by atoms with Crippen molar-refractivity contribution in [3.63, 3.8) is 0 Å². The molecule has 6 nitrogen and oxygen atoms in total.